The van der Waals surface area contributed by atoms with Crippen molar-refractivity contribution in [1.29, 1.82) is 0 Å². The Morgan fingerprint density at radius 1 is 1.35 bits per heavy atom. The highest BCUT2D eigenvalue weighted by Gasteiger charge is 2.34. The zero-order valence-electron chi connectivity index (χ0n) is 11.7. The van der Waals surface area contributed by atoms with Crippen LogP contribution in [0.3, 0.4) is 0 Å². The first-order valence-electron chi connectivity index (χ1n) is 7.15. The number of ether oxygens (including phenoxy) is 1. The Morgan fingerprint density at radius 3 is 2.70 bits per heavy atom. The van der Waals surface area contributed by atoms with E-state index in [2.05, 4.69) is 10.6 Å². The molecule has 1 fully saturated rings. The second-order valence-corrected chi connectivity index (χ2v) is 5.25. The van der Waals surface area contributed by atoms with Crippen LogP contribution in [0.1, 0.15) is 26.2 Å². The highest BCUT2D eigenvalue weighted by atomic mass is 16.5. The molecule has 6 nitrogen and oxygen atoms in total. The van der Waals surface area contributed by atoms with Crippen LogP contribution in [0, 0.1) is 5.92 Å². The first-order chi connectivity index (χ1) is 9.63. The number of rotatable bonds is 6. The molecule has 1 heterocycles. The molecule has 1 saturated carbocycles. The third-order valence-corrected chi connectivity index (χ3v) is 3.48. The van der Waals surface area contributed by atoms with Crippen LogP contribution in [0.4, 0.5) is 0 Å². The first-order valence-corrected chi connectivity index (χ1v) is 7.15. The van der Waals surface area contributed by atoms with Gasteiger partial charge >= 0.3 is 0 Å². The number of nitrogens with one attached hydrogen (secondary N) is 2. The van der Waals surface area contributed by atoms with Crippen molar-refractivity contribution in [2.45, 2.75) is 44.4 Å². The van der Waals surface area contributed by atoms with Gasteiger partial charge in [-0.1, -0.05) is 12.2 Å². The van der Waals surface area contributed by atoms with E-state index in [-0.39, 0.29) is 42.9 Å². The van der Waals surface area contributed by atoms with Crippen LogP contribution < -0.4 is 10.6 Å². The number of aliphatic hydroxyl groups excluding tert-OH is 1. The highest BCUT2D eigenvalue weighted by Crippen LogP contribution is 2.29. The molecule has 0 saturated heterocycles. The minimum absolute atomic E-state index is 0.0175. The largest absolute Gasteiger partial charge is 0.394 e. The van der Waals surface area contributed by atoms with Crippen molar-refractivity contribution in [3.63, 3.8) is 0 Å². The fourth-order valence-electron chi connectivity index (χ4n) is 2.22. The Labute approximate surface area is 118 Å². The molecule has 1 aliphatic carbocycles. The molecule has 3 atom stereocenters. The van der Waals surface area contributed by atoms with Gasteiger partial charge in [0, 0.05) is 12.5 Å². The van der Waals surface area contributed by atoms with Gasteiger partial charge in [-0.15, -0.1) is 0 Å². The minimum Gasteiger partial charge on any atom is -0.394 e. The van der Waals surface area contributed by atoms with Crippen molar-refractivity contribution in [2.24, 2.45) is 5.92 Å². The van der Waals surface area contributed by atoms with Gasteiger partial charge in [-0.2, -0.15) is 0 Å². The van der Waals surface area contributed by atoms with Gasteiger partial charge < -0.3 is 20.5 Å². The fourth-order valence-corrected chi connectivity index (χ4v) is 2.22. The lowest BCUT2D eigenvalue weighted by Gasteiger charge is -2.31. The van der Waals surface area contributed by atoms with Crippen LogP contribution in [0.5, 0.6) is 0 Å². The molecule has 3 N–H and O–H groups in total. The molecule has 0 aromatic heterocycles. The molecule has 2 amide bonds. The molecule has 2 aliphatic rings. The molecular weight excluding hydrogens is 260 g/mol. The molecule has 2 rings (SSSR count). The number of hydrogen-bond acceptors (Lipinski definition) is 4. The van der Waals surface area contributed by atoms with E-state index in [0.717, 1.165) is 12.8 Å². The van der Waals surface area contributed by atoms with Gasteiger partial charge in [0.2, 0.25) is 11.8 Å². The quantitative estimate of drug-likeness (QED) is 0.585. The summed E-state index contributed by atoms with van der Waals surface area (Å²) in [5.74, 6) is 0.0546. The number of hydrogen-bond donors (Lipinski definition) is 3. The normalized spacial score (nSPS) is 29.0. The maximum Gasteiger partial charge on any atom is 0.223 e. The Hall–Kier alpha value is -1.40. The molecule has 0 bridgehead atoms. The summed E-state index contributed by atoms with van der Waals surface area (Å²) in [5.41, 5.74) is 0. The molecular formula is C14H22N2O4. The van der Waals surface area contributed by atoms with Crippen molar-refractivity contribution in [3.05, 3.63) is 12.2 Å². The molecule has 112 valence electrons. The Kier molecular flexibility index (Phi) is 5.14. The van der Waals surface area contributed by atoms with E-state index in [9.17, 15) is 14.7 Å². The summed E-state index contributed by atoms with van der Waals surface area (Å²) in [7, 11) is 0. The van der Waals surface area contributed by atoms with Crippen molar-refractivity contribution in [3.8, 4) is 0 Å². The monoisotopic (exact) mass is 282 g/mol. The van der Waals surface area contributed by atoms with Crippen LogP contribution in [0.25, 0.3) is 0 Å². The van der Waals surface area contributed by atoms with E-state index in [1.807, 2.05) is 13.0 Å². The average Bonchev–Trinajstić information content (AvgIpc) is 3.25. The van der Waals surface area contributed by atoms with E-state index in [1.54, 1.807) is 6.08 Å². The summed E-state index contributed by atoms with van der Waals surface area (Å²) in [5, 5.41) is 14.9. The Bertz CT molecular complexity index is 393. The first kappa shape index (κ1) is 15.0. The summed E-state index contributed by atoms with van der Waals surface area (Å²) in [6, 6.07) is -0.321. The molecule has 6 heteroatoms. The third-order valence-electron chi connectivity index (χ3n) is 3.48. The van der Waals surface area contributed by atoms with Crippen molar-refractivity contribution in [1.82, 2.24) is 10.6 Å². The van der Waals surface area contributed by atoms with Crippen molar-refractivity contribution in [2.75, 3.05) is 13.2 Å². The zero-order valence-corrected chi connectivity index (χ0v) is 11.7. The van der Waals surface area contributed by atoms with Gasteiger partial charge in [-0.05, 0) is 19.8 Å². The lowest BCUT2D eigenvalue weighted by atomic mass is 10.0. The predicted molar refractivity (Wildman–Crippen MR) is 72.8 cm³/mol. The van der Waals surface area contributed by atoms with E-state index in [4.69, 9.17) is 4.74 Å². The summed E-state index contributed by atoms with van der Waals surface area (Å²) < 4.78 is 5.65. The second-order valence-electron chi connectivity index (χ2n) is 5.25. The van der Waals surface area contributed by atoms with Gasteiger partial charge in [0.05, 0.1) is 25.2 Å². The lowest BCUT2D eigenvalue weighted by Crippen LogP contribution is -2.49. The standard InChI is InChI=1S/C14H22N2O4/c1-2-15-13(18)7-10-5-6-11(12(8-17)20-10)16-14(19)9-3-4-9/h5-6,9-12,17H,2-4,7-8H2,1H3,(H,15,18)(H,16,19)/t10-,11+,12+/m0/s1. The van der Waals surface area contributed by atoms with E-state index < -0.39 is 6.10 Å². The molecule has 0 spiro atoms. The zero-order chi connectivity index (χ0) is 14.5. The summed E-state index contributed by atoms with van der Waals surface area (Å²) in [6.07, 6.45) is 4.84. The number of carbonyl (C=O) groups is 2. The van der Waals surface area contributed by atoms with E-state index >= 15 is 0 Å². The van der Waals surface area contributed by atoms with Gasteiger partial charge in [0.25, 0.3) is 0 Å². The van der Waals surface area contributed by atoms with Crippen molar-refractivity contribution < 1.29 is 19.4 Å². The molecule has 1 aliphatic heterocycles. The fraction of sp³-hybridized carbons (Fsp3) is 0.714. The van der Waals surface area contributed by atoms with Crippen LogP contribution in [-0.2, 0) is 14.3 Å². The molecule has 0 aromatic rings. The minimum atomic E-state index is -0.498. The maximum atomic E-state index is 11.7. The SMILES string of the molecule is CCNC(=O)C[C@@H]1C=C[C@@H](NC(=O)C2CC2)[C@@H](CO)O1. The summed E-state index contributed by atoms with van der Waals surface area (Å²) in [6.45, 7) is 2.25. The van der Waals surface area contributed by atoms with Crippen LogP contribution >= 0.6 is 0 Å². The number of carbonyl (C=O) groups excluding carboxylic acids is 2. The summed E-state index contributed by atoms with van der Waals surface area (Å²) in [4.78, 5) is 23.2. The lowest BCUT2D eigenvalue weighted by molar-refractivity contribution is -0.128. The predicted octanol–water partition coefficient (Wildman–Crippen LogP) is -0.277. The maximum absolute atomic E-state index is 11.7. The van der Waals surface area contributed by atoms with Gasteiger partial charge in [-0.3, -0.25) is 9.59 Å². The van der Waals surface area contributed by atoms with Gasteiger partial charge in [0.15, 0.2) is 0 Å². The Balaban J connectivity index is 1.88. The van der Waals surface area contributed by atoms with E-state index in [1.165, 1.54) is 0 Å². The summed E-state index contributed by atoms with van der Waals surface area (Å²) >= 11 is 0. The topological polar surface area (TPSA) is 87.7 Å². The average molecular weight is 282 g/mol. The van der Waals surface area contributed by atoms with Crippen LogP contribution in [-0.4, -0.2) is 48.3 Å². The van der Waals surface area contributed by atoms with Gasteiger partial charge in [0.1, 0.15) is 6.10 Å². The van der Waals surface area contributed by atoms with Crippen LogP contribution in [0.15, 0.2) is 12.2 Å². The molecule has 0 aromatic carbocycles. The van der Waals surface area contributed by atoms with Gasteiger partial charge in [-0.25, -0.2) is 0 Å². The number of amides is 2. The van der Waals surface area contributed by atoms with E-state index in [0.29, 0.717) is 6.54 Å². The van der Waals surface area contributed by atoms with Crippen molar-refractivity contribution >= 4 is 11.8 Å². The highest BCUT2D eigenvalue weighted by molar-refractivity contribution is 5.81. The molecule has 0 radical (unpaired) electrons. The number of aliphatic hydroxyl groups is 1. The van der Waals surface area contributed by atoms with Crippen LogP contribution in [0.2, 0.25) is 0 Å². The molecule has 0 unspecified atom stereocenters. The molecule has 20 heavy (non-hydrogen) atoms. The Morgan fingerprint density at radius 2 is 2.10 bits per heavy atom. The second kappa shape index (κ2) is 6.85. The third kappa shape index (κ3) is 4.05. The smallest absolute Gasteiger partial charge is 0.223 e.